The average Bonchev–Trinajstić information content (AvgIpc) is 3.09. The van der Waals surface area contributed by atoms with Gasteiger partial charge in [0.25, 0.3) is 11.1 Å². The van der Waals surface area contributed by atoms with Crippen LogP contribution in [0.3, 0.4) is 0 Å². The van der Waals surface area contributed by atoms with Crippen LogP contribution < -0.4 is 9.47 Å². The second-order valence-corrected chi connectivity index (χ2v) is 9.81. The summed E-state index contributed by atoms with van der Waals surface area (Å²) in [4.78, 5) is 26.9. The van der Waals surface area contributed by atoms with Gasteiger partial charge in [-0.25, -0.2) is 0 Å². The second-order valence-electron chi connectivity index (χ2n) is 7.57. The van der Waals surface area contributed by atoms with E-state index in [0.717, 1.165) is 22.9 Å². The van der Waals surface area contributed by atoms with Crippen LogP contribution in [0.4, 0.5) is 4.79 Å². The molecule has 1 aliphatic heterocycles. The summed E-state index contributed by atoms with van der Waals surface area (Å²) in [6, 6.07) is 17.7. The van der Waals surface area contributed by atoms with Crippen LogP contribution in [-0.2, 0) is 17.9 Å². The molecular formula is C26H20Cl3NO4S. The SMILES string of the molecule is CCOc1cc(/C=C2\SC(=O)N(Cc3ccc(Cl)cc3)C2=O)ccc1OCc1ccc(Cl)c(Cl)c1. The fourth-order valence-corrected chi connectivity index (χ4v) is 4.64. The number of imide groups is 1. The third-order valence-electron chi connectivity index (χ3n) is 5.07. The number of thioether (sulfide) groups is 1. The summed E-state index contributed by atoms with van der Waals surface area (Å²) in [6.07, 6.45) is 1.68. The van der Waals surface area contributed by atoms with E-state index in [-0.39, 0.29) is 24.3 Å². The van der Waals surface area contributed by atoms with Crippen LogP contribution in [0.1, 0.15) is 23.6 Å². The lowest BCUT2D eigenvalue weighted by molar-refractivity contribution is -0.123. The van der Waals surface area contributed by atoms with Crippen molar-refractivity contribution in [3.8, 4) is 11.5 Å². The molecule has 0 bridgehead atoms. The van der Waals surface area contributed by atoms with Crippen molar-refractivity contribution in [2.75, 3.05) is 6.61 Å². The molecule has 4 rings (SSSR count). The molecular weight excluding hydrogens is 529 g/mol. The molecule has 0 saturated carbocycles. The van der Waals surface area contributed by atoms with E-state index in [1.807, 2.05) is 13.0 Å². The number of carbonyl (C=O) groups excluding carboxylic acids is 2. The highest BCUT2D eigenvalue weighted by Crippen LogP contribution is 2.36. The number of halogens is 3. The van der Waals surface area contributed by atoms with Gasteiger partial charge >= 0.3 is 0 Å². The molecule has 0 aromatic heterocycles. The molecule has 3 aromatic carbocycles. The first-order valence-electron chi connectivity index (χ1n) is 10.7. The van der Waals surface area contributed by atoms with Gasteiger partial charge in [0.2, 0.25) is 0 Å². The van der Waals surface area contributed by atoms with Crippen molar-refractivity contribution < 1.29 is 19.1 Å². The Kier molecular flexibility index (Phi) is 8.29. The standard InChI is InChI=1S/C26H20Cl3NO4S/c1-2-33-23-12-17(6-10-22(23)34-15-18-5-9-20(28)21(29)11-18)13-24-25(31)30(26(32)35-24)14-16-3-7-19(27)8-4-16/h3-13H,2,14-15H2,1H3/b24-13-. The van der Waals surface area contributed by atoms with Gasteiger partial charge in [0, 0.05) is 5.02 Å². The van der Waals surface area contributed by atoms with Gasteiger partial charge in [0.15, 0.2) is 11.5 Å². The lowest BCUT2D eigenvalue weighted by Crippen LogP contribution is -2.27. The zero-order valence-corrected chi connectivity index (χ0v) is 21.7. The van der Waals surface area contributed by atoms with Crippen molar-refractivity contribution >= 4 is 63.8 Å². The molecule has 0 spiro atoms. The molecule has 1 aliphatic rings. The summed E-state index contributed by atoms with van der Waals surface area (Å²) in [5.41, 5.74) is 2.40. The average molecular weight is 549 g/mol. The number of hydrogen-bond acceptors (Lipinski definition) is 5. The van der Waals surface area contributed by atoms with Gasteiger partial charge in [-0.2, -0.15) is 0 Å². The highest BCUT2D eigenvalue weighted by Gasteiger charge is 2.35. The van der Waals surface area contributed by atoms with Gasteiger partial charge in [-0.05, 0) is 77.9 Å². The molecule has 0 aliphatic carbocycles. The van der Waals surface area contributed by atoms with Gasteiger partial charge in [0.1, 0.15) is 6.61 Å². The summed E-state index contributed by atoms with van der Waals surface area (Å²) in [6.45, 7) is 2.77. The number of carbonyl (C=O) groups is 2. The first-order chi connectivity index (χ1) is 16.8. The summed E-state index contributed by atoms with van der Waals surface area (Å²) in [5.74, 6) is 0.737. The normalized spacial score (nSPS) is 14.6. The lowest BCUT2D eigenvalue weighted by Gasteiger charge is -2.13. The predicted octanol–water partition coefficient (Wildman–Crippen LogP) is 7.86. The van der Waals surface area contributed by atoms with E-state index < -0.39 is 0 Å². The lowest BCUT2D eigenvalue weighted by atomic mass is 10.1. The second kappa shape index (κ2) is 11.4. The molecule has 9 heteroatoms. The van der Waals surface area contributed by atoms with E-state index in [0.29, 0.717) is 43.6 Å². The zero-order chi connectivity index (χ0) is 24.9. The molecule has 3 aromatic rings. The van der Waals surface area contributed by atoms with Crippen LogP contribution in [0.2, 0.25) is 15.1 Å². The molecule has 1 saturated heterocycles. The van der Waals surface area contributed by atoms with Crippen molar-refractivity contribution in [2.45, 2.75) is 20.1 Å². The Hall–Kier alpha value is -2.64. The Morgan fingerprint density at radius 2 is 1.60 bits per heavy atom. The summed E-state index contributed by atoms with van der Waals surface area (Å²) in [7, 11) is 0. The fraction of sp³-hybridized carbons (Fsp3) is 0.154. The Balaban J connectivity index is 1.50. The maximum Gasteiger partial charge on any atom is 0.293 e. The molecule has 1 heterocycles. The first kappa shape index (κ1) is 25.5. The number of ether oxygens (including phenoxy) is 2. The molecule has 35 heavy (non-hydrogen) atoms. The minimum Gasteiger partial charge on any atom is -0.490 e. The molecule has 0 unspecified atom stereocenters. The van der Waals surface area contributed by atoms with Crippen LogP contribution in [0.5, 0.6) is 11.5 Å². The van der Waals surface area contributed by atoms with E-state index in [4.69, 9.17) is 44.3 Å². The molecule has 0 atom stereocenters. The van der Waals surface area contributed by atoms with E-state index in [1.165, 1.54) is 4.90 Å². The highest BCUT2D eigenvalue weighted by molar-refractivity contribution is 8.18. The smallest absolute Gasteiger partial charge is 0.293 e. The van der Waals surface area contributed by atoms with Crippen molar-refractivity contribution in [1.29, 1.82) is 0 Å². The topological polar surface area (TPSA) is 55.8 Å². The maximum absolute atomic E-state index is 12.9. The van der Waals surface area contributed by atoms with Gasteiger partial charge in [0.05, 0.1) is 28.1 Å². The molecule has 5 nitrogen and oxygen atoms in total. The molecule has 0 radical (unpaired) electrons. The zero-order valence-electron chi connectivity index (χ0n) is 18.6. The van der Waals surface area contributed by atoms with Crippen molar-refractivity contribution in [3.05, 3.63) is 97.3 Å². The van der Waals surface area contributed by atoms with Crippen molar-refractivity contribution in [2.24, 2.45) is 0 Å². The molecule has 0 N–H and O–H groups in total. The number of benzene rings is 3. The van der Waals surface area contributed by atoms with Crippen LogP contribution in [-0.4, -0.2) is 22.7 Å². The van der Waals surface area contributed by atoms with Gasteiger partial charge < -0.3 is 9.47 Å². The quantitative estimate of drug-likeness (QED) is 0.268. The predicted molar refractivity (Wildman–Crippen MR) is 141 cm³/mol. The minimum atomic E-state index is -0.340. The van der Waals surface area contributed by atoms with Crippen LogP contribution in [0, 0.1) is 0 Å². The Bertz CT molecular complexity index is 1290. The number of nitrogens with zero attached hydrogens (tertiary/aromatic N) is 1. The summed E-state index contributed by atoms with van der Waals surface area (Å²) < 4.78 is 11.7. The van der Waals surface area contributed by atoms with E-state index in [1.54, 1.807) is 60.7 Å². The maximum atomic E-state index is 12.9. The third-order valence-corrected chi connectivity index (χ3v) is 6.97. The summed E-state index contributed by atoms with van der Waals surface area (Å²) in [5, 5.41) is 1.21. The van der Waals surface area contributed by atoms with E-state index in [9.17, 15) is 9.59 Å². The fourth-order valence-electron chi connectivity index (χ4n) is 3.35. The minimum absolute atomic E-state index is 0.185. The van der Waals surface area contributed by atoms with Crippen LogP contribution >= 0.6 is 46.6 Å². The monoisotopic (exact) mass is 547 g/mol. The Labute approximate surface area is 222 Å². The van der Waals surface area contributed by atoms with E-state index >= 15 is 0 Å². The van der Waals surface area contributed by atoms with Crippen molar-refractivity contribution in [3.63, 3.8) is 0 Å². The Morgan fingerprint density at radius 3 is 2.31 bits per heavy atom. The highest BCUT2D eigenvalue weighted by atomic mass is 35.5. The largest absolute Gasteiger partial charge is 0.490 e. The molecule has 180 valence electrons. The summed E-state index contributed by atoms with van der Waals surface area (Å²) >= 11 is 18.9. The number of rotatable bonds is 8. The van der Waals surface area contributed by atoms with Gasteiger partial charge in [-0.3, -0.25) is 14.5 Å². The van der Waals surface area contributed by atoms with Crippen LogP contribution in [0.15, 0.2) is 65.6 Å². The number of amides is 2. The third kappa shape index (κ3) is 6.33. The number of hydrogen-bond donors (Lipinski definition) is 0. The van der Waals surface area contributed by atoms with Gasteiger partial charge in [-0.1, -0.05) is 59.1 Å². The first-order valence-corrected chi connectivity index (χ1v) is 12.6. The molecule has 2 amide bonds. The Morgan fingerprint density at radius 1 is 0.857 bits per heavy atom. The van der Waals surface area contributed by atoms with Crippen molar-refractivity contribution in [1.82, 2.24) is 4.90 Å². The van der Waals surface area contributed by atoms with Gasteiger partial charge in [-0.15, -0.1) is 0 Å². The molecule has 1 fully saturated rings. The van der Waals surface area contributed by atoms with Crippen LogP contribution in [0.25, 0.3) is 6.08 Å². The van der Waals surface area contributed by atoms with E-state index in [2.05, 4.69) is 0 Å².